The fourth-order valence-corrected chi connectivity index (χ4v) is 5.54. The molecular formula is C34H25N3. The number of rotatable bonds is 3. The molecule has 0 saturated heterocycles. The van der Waals surface area contributed by atoms with Crippen LogP contribution in [0, 0.1) is 0 Å². The number of pyridine rings is 1. The van der Waals surface area contributed by atoms with Gasteiger partial charge in [0.2, 0.25) is 0 Å². The van der Waals surface area contributed by atoms with Crippen molar-refractivity contribution in [1.29, 1.82) is 0 Å². The zero-order valence-electron chi connectivity index (χ0n) is 20.8. The summed E-state index contributed by atoms with van der Waals surface area (Å²) in [6.07, 6.45) is 1.97. The maximum atomic E-state index is 5.21. The van der Waals surface area contributed by atoms with Gasteiger partial charge < -0.3 is 0 Å². The van der Waals surface area contributed by atoms with Crippen LogP contribution in [-0.4, -0.2) is 15.0 Å². The lowest BCUT2D eigenvalue weighted by Gasteiger charge is -2.24. The van der Waals surface area contributed by atoms with Gasteiger partial charge >= 0.3 is 0 Å². The first-order chi connectivity index (χ1) is 18.1. The summed E-state index contributed by atoms with van der Waals surface area (Å²) in [7, 11) is 0. The summed E-state index contributed by atoms with van der Waals surface area (Å²) in [5, 5.41) is 2.42. The summed E-state index contributed by atoms with van der Waals surface area (Å²) >= 11 is 0. The highest BCUT2D eigenvalue weighted by molar-refractivity contribution is 5.90. The molecule has 37 heavy (non-hydrogen) atoms. The molecule has 7 rings (SSSR count). The van der Waals surface area contributed by atoms with E-state index in [0.29, 0.717) is 0 Å². The van der Waals surface area contributed by atoms with Crippen molar-refractivity contribution in [3.05, 3.63) is 127 Å². The number of hydrogen-bond acceptors (Lipinski definition) is 3. The normalized spacial score (nSPS) is 13.4. The molecule has 4 aromatic carbocycles. The van der Waals surface area contributed by atoms with Crippen LogP contribution in [0.3, 0.4) is 0 Å². The average Bonchev–Trinajstić information content (AvgIpc) is 3.19. The van der Waals surface area contributed by atoms with Gasteiger partial charge in [-0.15, -0.1) is 0 Å². The van der Waals surface area contributed by atoms with Crippen molar-refractivity contribution in [3.63, 3.8) is 0 Å². The van der Waals surface area contributed by atoms with Crippen LogP contribution < -0.4 is 0 Å². The molecule has 0 amide bonds. The Kier molecular flexibility index (Phi) is 4.80. The van der Waals surface area contributed by atoms with Crippen molar-refractivity contribution < 1.29 is 0 Å². The lowest BCUT2D eigenvalue weighted by molar-refractivity contribution is 0.657. The zero-order chi connectivity index (χ0) is 25.0. The van der Waals surface area contributed by atoms with E-state index in [2.05, 4.69) is 98.8 Å². The highest BCUT2D eigenvalue weighted by Crippen LogP contribution is 2.51. The van der Waals surface area contributed by atoms with Gasteiger partial charge in [0.1, 0.15) is 0 Å². The van der Waals surface area contributed by atoms with E-state index in [0.717, 1.165) is 50.7 Å². The van der Waals surface area contributed by atoms with Gasteiger partial charge in [0.25, 0.3) is 0 Å². The third-order valence-corrected chi connectivity index (χ3v) is 7.48. The summed E-state index contributed by atoms with van der Waals surface area (Å²) < 4.78 is 0. The topological polar surface area (TPSA) is 38.7 Å². The van der Waals surface area contributed by atoms with Crippen molar-refractivity contribution in [3.8, 4) is 45.2 Å². The first-order valence-electron chi connectivity index (χ1n) is 12.6. The number of fused-ring (bicyclic) bond motifs is 4. The van der Waals surface area contributed by atoms with Gasteiger partial charge in [-0.1, -0.05) is 111 Å². The third kappa shape index (κ3) is 3.47. The summed E-state index contributed by atoms with van der Waals surface area (Å²) in [5.74, 6) is 0.722. The van der Waals surface area contributed by atoms with Crippen LogP contribution in [0.25, 0.3) is 55.9 Å². The molecule has 0 radical (unpaired) electrons. The van der Waals surface area contributed by atoms with E-state index in [1.807, 2.05) is 30.5 Å². The van der Waals surface area contributed by atoms with Crippen LogP contribution in [0.15, 0.2) is 115 Å². The smallest absolute Gasteiger partial charge is 0.160 e. The number of benzene rings is 4. The average molecular weight is 476 g/mol. The van der Waals surface area contributed by atoms with Gasteiger partial charge in [-0.25, -0.2) is 9.97 Å². The fourth-order valence-electron chi connectivity index (χ4n) is 5.54. The monoisotopic (exact) mass is 475 g/mol. The van der Waals surface area contributed by atoms with Crippen molar-refractivity contribution in [1.82, 2.24) is 15.0 Å². The largest absolute Gasteiger partial charge is 0.254 e. The van der Waals surface area contributed by atoms with Gasteiger partial charge in [-0.3, -0.25) is 4.98 Å². The van der Waals surface area contributed by atoms with Crippen molar-refractivity contribution in [2.24, 2.45) is 0 Å². The molecule has 0 N–H and O–H groups in total. The molecule has 0 fully saturated rings. The minimum Gasteiger partial charge on any atom is -0.254 e. The second kappa shape index (κ2) is 8.21. The number of nitrogens with zero attached hydrogens (tertiary/aromatic N) is 3. The number of aromatic nitrogens is 3. The first-order valence-corrected chi connectivity index (χ1v) is 12.6. The van der Waals surface area contributed by atoms with Crippen LogP contribution in [0.5, 0.6) is 0 Å². The molecule has 2 aromatic heterocycles. The van der Waals surface area contributed by atoms with Gasteiger partial charge in [-0.2, -0.15) is 0 Å². The van der Waals surface area contributed by atoms with Gasteiger partial charge in [0.15, 0.2) is 5.82 Å². The third-order valence-electron chi connectivity index (χ3n) is 7.48. The minimum absolute atomic E-state index is 0.307. The van der Waals surface area contributed by atoms with Crippen molar-refractivity contribution in [2.45, 2.75) is 19.3 Å². The number of hydrogen-bond donors (Lipinski definition) is 0. The van der Waals surface area contributed by atoms with E-state index in [1.165, 1.54) is 16.3 Å². The lowest BCUT2D eigenvalue weighted by atomic mass is 9.80. The van der Waals surface area contributed by atoms with E-state index in [9.17, 15) is 0 Å². The van der Waals surface area contributed by atoms with Crippen LogP contribution >= 0.6 is 0 Å². The van der Waals surface area contributed by atoms with Gasteiger partial charge in [0, 0.05) is 33.9 Å². The van der Waals surface area contributed by atoms with Gasteiger partial charge in [-0.05, 0) is 34.0 Å². The molecule has 1 aliphatic carbocycles. The Balaban J connectivity index is 1.50. The zero-order valence-corrected chi connectivity index (χ0v) is 20.8. The van der Waals surface area contributed by atoms with Crippen molar-refractivity contribution in [2.75, 3.05) is 0 Å². The molecule has 3 heteroatoms. The Labute approximate surface area is 216 Å². The van der Waals surface area contributed by atoms with Crippen LogP contribution in [0.4, 0.5) is 0 Å². The minimum atomic E-state index is -0.307. The second-order valence-electron chi connectivity index (χ2n) is 10.2. The molecule has 6 aromatic rings. The van der Waals surface area contributed by atoms with Crippen molar-refractivity contribution >= 4 is 10.8 Å². The molecule has 0 bridgehead atoms. The highest BCUT2D eigenvalue weighted by Gasteiger charge is 2.41. The Bertz CT molecular complexity index is 1790. The standard InChI is InChI=1S/C34H25N3/c1-34(2)28-20-27(22-11-5-3-6-12-22)21-35-31(28)32-29(34)30(36-33(37-32)24-14-7-4-8-15-24)26-18-17-23-13-9-10-16-25(23)19-26/h3-21H,1-2H3. The Morgan fingerprint density at radius 3 is 1.92 bits per heavy atom. The maximum absolute atomic E-state index is 5.21. The summed E-state index contributed by atoms with van der Waals surface area (Å²) in [4.78, 5) is 15.4. The molecular weight excluding hydrogens is 450 g/mol. The van der Waals surface area contributed by atoms with E-state index < -0.39 is 0 Å². The molecule has 1 aliphatic rings. The Morgan fingerprint density at radius 2 is 1.16 bits per heavy atom. The van der Waals surface area contributed by atoms with Crippen LogP contribution in [-0.2, 0) is 5.41 Å². The van der Waals surface area contributed by atoms with E-state index in [1.54, 1.807) is 0 Å². The fraction of sp³-hybridized carbons (Fsp3) is 0.0882. The second-order valence-corrected chi connectivity index (χ2v) is 10.2. The lowest BCUT2D eigenvalue weighted by Crippen LogP contribution is -2.17. The van der Waals surface area contributed by atoms with Crippen LogP contribution in [0.2, 0.25) is 0 Å². The van der Waals surface area contributed by atoms with E-state index in [-0.39, 0.29) is 5.41 Å². The van der Waals surface area contributed by atoms with Crippen LogP contribution in [0.1, 0.15) is 25.0 Å². The predicted octanol–water partition coefficient (Wildman–Crippen LogP) is 8.33. The summed E-state index contributed by atoms with van der Waals surface area (Å²) in [6, 6.07) is 38.0. The Morgan fingerprint density at radius 1 is 0.514 bits per heavy atom. The van der Waals surface area contributed by atoms with E-state index in [4.69, 9.17) is 15.0 Å². The van der Waals surface area contributed by atoms with E-state index >= 15 is 0 Å². The first kappa shape index (κ1) is 21.6. The quantitative estimate of drug-likeness (QED) is 0.258. The highest BCUT2D eigenvalue weighted by atomic mass is 14.9. The molecule has 3 nitrogen and oxygen atoms in total. The maximum Gasteiger partial charge on any atom is 0.160 e. The molecule has 2 heterocycles. The predicted molar refractivity (Wildman–Crippen MR) is 151 cm³/mol. The molecule has 0 aliphatic heterocycles. The molecule has 0 atom stereocenters. The van der Waals surface area contributed by atoms with Gasteiger partial charge in [0.05, 0.1) is 17.1 Å². The molecule has 0 spiro atoms. The summed E-state index contributed by atoms with van der Waals surface area (Å²) in [6.45, 7) is 4.54. The molecule has 0 unspecified atom stereocenters. The SMILES string of the molecule is CC1(C)c2cc(-c3ccccc3)cnc2-c2nc(-c3ccccc3)nc(-c3ccc4ccccc4c3)c21. The molecule has 0 saturated carbocycles. The molecule has 176 valence electrons. The summed E-state index contributed by atoms with van der Waals surface area (Å²) in [5.41, 5.74) is 9.23. The Hall–Kier alpha value is -4.63.